The maximum Gasteiger partial charge on any atom is 0.521 e. The first-order valence-electron chi connectivity index (χ1n) is 3.64. The van der Waals surface area contributed by atoms with Crippen molar-refractivity contribution in [3.8, 4) is 0 Å². The highest BCUT2D eigenvalue weighted by Crippen LogP contribution is 2.17. The lowest BCUT2D eigenvalue weighted by atomic mass is 10.5. The molecule has 0 bridgehead atoms. The first kappa shape index (κ1) is 11.8. The molecule has 0 rings (SSSR count). The lowest BCUT2D eigenvalue weighted by Crippen LogP contribution is -2.32. The Hall–Kier alpha value is -1.20. The van der Waals surface area contributed by atoms with Crippen LogP contribution in [0.4, 0.5) is 8.78 Å². The van der Waals surface area contributed by atoms with Gasteiger partial charge in [-0.05, 0) is 20.8 Å². The molecule has 0 atom stereocenters. The lowest BCUT2D eigenvalue weighted by molar-refractivity contribution is -0.250. The Labute approximate surface area is 74.5 Å². The zero-order chi connectivity index (χ0) is 10.5. The minimum absolute atomic E-state index is 0.132. The second-order valence-electron chi connectivity index (χ2n) is 2.37. The lowest BCUT2D eigenvalue weighted by Gasteiger charge is -2.11. The zero-order valence-electron chi connectivity index (χ0n) is 7.63. The summed E-state index contributed by atoms with van der Waals surface area (Å²) in [6, 6.07) is 0. The molecule has 0 heterocycles. The van der Waals surface area contributed by atoms with Crippen molar-refractivity contribution in [2.24, 2.45) is 5.16 Å². The van der Waals surface area contributed by atoms with Crippen molar-refractivity contribution in [1.82, 2.24) is 0 Å². The number of carbonyl (C=O) groups excluding carboxylic acids is 1. The molecule has 0 aliphatic heterocycles. The summed E-state index contributed by atoms with van der Waals surface area (Å²) < 4.78 is 29.2. The second-order valence-corrected chi connectivity index (χ2v) is 2.37. The van der Waals surface area contributed by atoms with Gasteiger partial charge >= 0.3 is 12.1 Å². The molecule has 6 heteroatoms. The van der Waals surface area contributed by atoms with E-state index in [0.717, 1.165) is 0 Å². The molecule has 4 nitrogen and oxygen atoms in total. The number of esters is 1. The smallest absolute Gasteiger partial charge is 0.459 e. The molecule has 0 amide bonds. The van der Waals surface area contributed by atoms with Crippen LogP contribution in [0, 0.1) is 0 Å². The molecule has 0 spiro atoms. The summed E-state index contributed by atoms with van der Waals surface area (Å²) in [5.74, 6) is -1.74. The third-order valence-corrected chi connectivity index (χ3v) is 0.856. The van der Waals surface area contributed by atoms with E-state index in [-0.39, 0.29) is 12.3 Å². The summed E-state index contributed by atoms with van der Waals surface area (Å²) in [5, 5.41) is 2.97. The van der Waals surface area contributed by atoms with Crippen molar-refractivity contribution in [2.45, 2.75) is 26.9 Å². The predicted molar refractivity (Wildman–Crippen MR) is 41.4 cm³/mol. The van der Waals surface area contributed by atoms with Crippen molar-refractivity contribution < 1.29 is 23.1 Å². The summed E-state index contributed by atoms with van der Waals surface area (Å²) in [6.45, 7) is 4.21. The number of rotatable bonds is 4. The van der Waals surface area contributed by atoms with Crippen LogP contribution in [0.3, 0.4) is 0 Å². The van der Waals surface area contributed by atoms with E-state index in [4.69, 9.17) is 0 Å². The number of ether oxygens (including phenoxy) is 1. The van der Waals surface area contributed by atoms with E-state index >= 15 is 0 Å². The van der Waals surface area contributed by atoms with Gasteiger partial charge in [0.1, 0.15) is 0 Å². The van der Waals surface area contributed by atoms with Crippen molar-refractivity contribution >= 4 is 11.7 Å². The number of nitrogens with zero attached hydrogens (tertiary/aromatic N) is 1. The van der Waals surface area contributed by atoms with Crippen LogP contribution in [0.25, 0.3) is 0 Å². The number of halogens is 2. The van der Waals surface area contributed by atoms with Crippen LogP contribution in [0.5, 0.6) is 0 Å². The van der Waals surface area contributed by atoms with Crippen LogP contribution in [0.15, 0.2) is 5.16 Å². The molecule has 0 saturated carbocycles. The van der Waals surface area contributed by atoms with E-state index in [9.17, 15) is 13.6 Å². The molecule has 0 aliphatic carbocycles. The Balaban J connectivity index is 4.22. The average Bonchev–Trinajstić information content (AvgIpc) is 2.01. The van der Waals surface area contributed by atoms with Gasteiger partial charge in [0, 0.05) is 0 Å². The highest BCUT2D eigenvalue weighted by Gasteiger charge is 2.44. The molecule has 13 heavy (non-hydrogen) atoms. The standard InChI is InChI=1S/C7H11F2NO3/c1-4-12-6(11)7(8,9)13-10-5(2)3/h4H2,1-3H3. The van der Waals surface area contributed by atoms with Crippen LogP contribution < -0.4 is 0 Å². The quantitative estimate of drug-likeness (QED) is 0.388. The van der Waals surface area contributed by atoms with Crippen molar-refractivity contribution in [1.29, 1.82) is 0 Å². The molecular weight excluding hydrogens is 184 g/mol. The average molecular weight is 195 g/mol. The van der Waals surface area contributed by atoms with Gasteiger partial charge < -0.3 is 9.57 Å². The van der Waals surface area contributed by atoms with Gasteiger partial charge in [-0.15, -0.1) is 0 Å². The summed E-state index contributed by atoms with van der Waals surface area (Å²) in [4.78, 5) is 14.2. The number of carbonyl (C=O) groups is 1. The van der Waals surface area contributed by atoms with Gasteiger partial charge in [0.25, 0.3) is 0 Å². The van der Waals surface area contributed by atoms with Gasteiger partial charge in [-0.2, -0.15) is 8.78 Å². The van der Waals surface area contributed by atoms with Crippen LogP contribution in [-0.4, -0.2) is 24.4 Å². The number of hydrogen-bond donors (Lipinski definition) is 0. The molecule has 0 aliphatic rings. The fourth-order valence-corrected chi connectivity index (χ4v) is 0.401. The summed E-state index contributed by atoms with van der Waals surface area (Å²) in [7, 11) is 0. The monoisotopic (exact) mass is 195 g/mol. The molecule has 0 fully saturated rings. The van der Waals surface area contributed by atoms with Gasteiger partial charge in [-0.1, -0.05) is 5.16 Å². The van der Waals surface area contributed by atoms with E-state index < -0.39 is 12.1 Å². The number of alkyl halides is 2. The van der Waals surface area contributed by atoms with Gasteiger partial charge in [-0.25, -0.2) is 4.79 Å². The number of hydrogen-bond acceptors (Lipinski definition) is 4. The molecule has 0 radical (unpaired) electrons. The Kier molecular flexibility index (Phi) is 4.30. The second kappa shape index (κ2) is 4.74. The Morgan fingerprint density at radius 1 is 1.46 bits per heavy atom. The van der Waals surface area contributed by atoms with Gasteiger partial charge in [0.05, 0.1) is 12.3 Å². The van der Waals surface area contributed by atoms with Crippen molar-refractivity contribution in [2.75, 3.05) is 6.61 Å². The first-order chi connectivity index (χ1) is 5.90. The highest BCUT2D eigenvalue weighted by atomic mass is 19.3. The van der Waals surface area contributed by atoms with E-state index in [1.807, 2.05) is 0 Å². The molecule has 0 aromatic carbocycles. The van der Waals surface area contributed by atoms with Crippen LogP contribution in [-0.2, 0) is 14.4 Å². The summed E-state index contributed by atoms with van der Waals surface area (Å²) in [5.41, 5.74) is 0.281. The van der Waals surface area contributed by atoms with Crippen LogP contribution in [0.1, 0.15) is 20.8 Å². The van der Waals surface area contributed by atoms with E-state index in [1.54, 1.807) is 0 Å². The van der Waals surface area contributed by atoms with Gasteiger partial charge in [0.2, 0.25) is 0 Å². The molecule has 0 unspecified atom stereocenters. The van der Waals surface area contributed by atoms with Gasteiger partial charge in [0.15, 0.2) is 0 Å². The third-order valence-electron chi connectivity index (χ3n) is 0.856. The SMILES string of the molecule is CCOC(=O)C(F)(F)ON=C(C)C. The predicted octanol–water partition coefficient (Wildman–Crippen LogP) is 1.55. The topological polar surface area (TPSA) is 47.9 Å². The molecule has 0 N–H and O–H groups in total. The van der Waals surface area contributed by atoms with Crippen molar-refractivity contribution in [3.63, 3.8) is 0 Å². The zero-order valence-corrected chi connectivity index (χ0v) is 7.63. The number of oxime groups is 1. The minimum atomic E-state index is -4.01. The molecule has 0 aromatic rings. The summed E-state index contributed by atoms with van der Waals surface area (Å²) >= 11 is 0. The maximum atomic E-state index is 12.6. The van der Waals surface area contributed by atoms with Crippen molar-refractivity contribution in [3.05, 3.63) is 0 Å². The Bertz CT molecular complexity index is 212. The normalized spacial score (nSPS) is 10.5. The first-order valence-corrected chi connectivity index (χ1v) is 3.64. The molecular formula is C7H11F2NO3. The molecule has 0 saturated heterocycles. The van der Waals surface area contributed by atoms with Gasteiger partial charge in [-0.3, -0.25) is 0 Å². The third kappa shape index (κ3) is 4.39. The highest BCUT2D eigenvalue weighted by molar-refractivity contribution is 5.79. The molecule has 76 valence electrons. The van der Waals surface area contributed by atoms with Crippen LogP contribution >= 0.6 is 0 Å². The molecule has 0 aromatic heterocycles. The Morgan fingerprint density at radius 2 is 2.00 bits per heavy atom. The Morgan fingerprint density at radius 3 is 2.38 bits per heavy atom. The fourth-order valence-electron chi connectivity index (χ4n) is 0.401. The summed E-state index contributed by atoms with van der Waals surface area (Å²) in [6.07, 6.45) is -4.01. The largest absolute Gasteiger partial charge is 0.521 e. The maximum absolute atomic E-state index is 12.6. The minimum Gasteiger partial charge on any atom is -0.459 e. The van der Waals surface area contributed by atoms with E-state index in [0.29, 0.717) is 0 Å². The van der Waals surface area contributed by atoms with E-state index in [2.05, 4.69) is 14.7 Å². The fraction of sp³-hybridized carbons (Fsp3) is 0.714. The van der Waals surface area contributed by atoms with E-state index in [1.165, 1.54) is 20.8 Å². The van der Waals surface area contributed by atoms with Crippen LogP contribution in [0.2, 0.25) is 0 Å².